The number of aryl methyl sites for hydroxylation is 1. The van der Waals surface area contributed by atoms with Crippen LogP contribution in [0.5, 0.6) is 0 Å². The summed E-state index contributed by atoms with van der Waals surface area (Å²) >= 11 is 1.03. The fourth-order valence-electron chi connectivity index (χ4n) is 1.53. The first kappa shape index (κ1) is 13.0. The van der Waals surface area contributed by atoms with Gasteiger partial charge >= 0.3 is 6.18 Å². The van der Waals surface area contributed by atoms with Gasteiger partial charge in [-0.2, -0.15) is 13.2 Å². The number of hydrogen-bond acceptors (Lipinski definition) is 4. The van der Waals surface area contributed by atoms with Crippen molar-refractivity contribution in [3.8, 4) is 10.7 Å². The highest BCUT2D eigenvalue weighted by Gasteiger charge is 2.37. The molecule has 98 valence electrons. The SMILES string of the molecule is CNCc1sc(-c2cncn2C)nc1C(F)(F)F. The van der Waals surface area contributed by atoms with Gasteiger partial charge in [-0.3, -0.25) is 0 Å². The molecule has 0 spiro atoms. The van der Waals surface area contributed by atoms with E-state index in [1.807, 2.05) is 0 Å². The molecule has 1 N–H and O–H groups in total. The van der Waals surface area contributed by atoms with E-state index >= 15 is 0 Å². The van der Waals surface area contributed by atoms with Gasteiger partial charge in [-0.05, 0) is 7.05 Å². The first-order chi connectivity index (χ1) is 8.43. The third-order valence-electron chi connectivity index (χ3n) is 2.34. The van der Waals surface area contributed by atoms with Crippen LogP contribution in [0.15, 0.2) is 12.5 Å². The van der Waals surface area contributed by atoms with Crippen molar-refractivity contribution in [1.29, 1.82) is 0 Å². The monoisotopic (exact) mass is 276 g/mol. The van der Waals surface area contributed by atoms with Gasteiger partial charge in [0.2, 0.25) is 0 Å². The third-order valence-corrected chi connectivity index (χ3v) is 3.42. The Morgan fingerprint density at radius 1 is 1.44 bits per heavy atom. The molecule has 0 radical (unpaired) electrons. The van der Waals surface area contributed by atoms with Crippen LogP contribution >= 0.6 is 11.3 Å². The minimum absolute atomic E-state index is 0.143. The van der Waals surface area contributed by atoms with E-state index in [4.69, 9.17) is 0 Å². The summed E-state index contributed by atoms with van der Waals surface area (Å²) in [4.78, 5) is 7.76. The summed E-state index contributed by atoms with van der Waals surface area (Å²) < 4.78 is 40.1. The molecule has 0 unspecified atom stereocenters. The van der Waals surface area contributed by atoms with Crippen molar-refractivity contribution in [2.24, 2.45) is 7.05 Å². The van der Waals surface area contributed by atoms with E-state index in [1.54, 1.807) is 18.7 Å². The summed E-state index contributed by atoms with van der Waals surface area (Å²) in [6.45, 7) is 0.143. The van der Waals surface area contributed by atoms with E-state index in [1.165, 1.54) is 12.5 Å². The summed E-state index contributed by atoms with van der Waals surface area (Å²) in [6.07, 6.45) is -1.40. The summed E-state index contributed by atoms with van der Waals surface area (Å²) in [7, 11) is 3.32. The largest absolute Gasteiger partial charge is 0.434 e. The summed E-state index contributed by atoms with van der Waals surface area (Å²) in [5, 5.41) is 3.04. The predicted octanol–water partition coefficient (Wildman–Crippen LogP) is 2.28. The van der Waals surface area contributed by atoms with Crippen molar-refractivity contribution in [3.63, 3.8) is 0 Å². The lowest BCUT2D eigenvalue weighted by molar-refractivity contribution is -0.141. The van der Waals surface area contributed by atoms with Crippen molar-refractivity contribution in [2.45, 2.75) is 12.7 Å². The second-order valence-electron chi connectivity index (χ2n) is 3.71. The third kappa shape index (κ3) is 2.39. The van der Waals surface area contributed by atoms with Crippen LogP contribution in [0.4, 0.5) is 13.2 Å². The van der Waals surface area contributed by atoms with E-state index in [-0.39, 0.29) is 11.4 Å². The first-order valence-electron chi connectivity index (χ1n) is 5.11. The van der Waals surface area contributed by atoms with Gasteiger partial charge in [0.1, 0.15) is 5.01 Å². The van der Waals surface area contributed by atoms with Gasteiger partial charge in [0.05, 0.1) is 23.1 Å². The lowest BCUT2D eigenvalue weighted by Gasteiger charge is -2.04. The second kappa shape index (κ2) is 4.69. The van der Waals surface area contributed by atoms with E-state index in [2.05, 4.69) is 15.3 Å². The molecule has 2 heterocycles. The number of thiazole rings is 1. The number of nitrogens with zero attached hydrogens (tertiary/aromatic N) is 3. The highest BCUT2D eigenvalue weighted by molar-refractivity contribution is 7.15. The number of hydrogen-bond donors (Lipinski definition) is 1. The molecule has 0 saturated heterocycles. The van der Waals surface area contributed by atoms with Gasteiger partial charge in [-0.25, -0.2) is 9.97 Å². The predicted molar refractivity (Wildman–Crippen MR) is 62.1 cm³/mol. The Labute approximate surface area is 105 Å². The molecule has 0 atom stereocenters. The van der Waals surface area contributed by atoms with Crippen LogP contribution in [0.2, 0.25) is 0 Å². The maximum Gasteiger partial charge on any atom is 0.434 e. The molecular weight excluding hydrogens is 265 g/mol. The summed E-state index contributed by atoms with van der Waals surface area (Å²) in [5.74, 6) is 0. The van der Waals surface area contributed by atoms with Crippen molar-refractivity contribution < 1.29 is 13.2 Å². The molecule has 0 bridgehead atoms. The van der Waals surface area contributed by atoms with Crippen molar-refractivity contribution >= 4 is 11.3 Å². The Balaban J connectivity index is 2.49. The Morgan fingerprint density at radius 3 is 2.67 bits per heavy atom. The molecular formula is C10H11F3N4S. The van der Waals surface area contributed by atoms with Crippen LogP contribution in [0.3, 0.4) is 0 Å². The fourth-order valence-corrected chi connectivity index (χ4v) is 2.67. The molecule has 0 aliphatic heterocycles. The van der Waals surface area contributed by atoms with Crippen LogP contribution in [-0.2, 0) is 19.8 Å². The van der Waals surface area contributed by atoms with Gasteiger partial charge in [-0.1, -0.05) is 0 Å². The van der Waals surface area contributed by atoms with Crippen LogP contribution in [-0.4, -0.2) is 21.6 Å². The number of nitrogens with one attached hydrogen (secondary N) is 1. The Bertz CT molecular complexity index is 544. The number of alkyl halides is 3. The van der Waals surface area contributed by atoms with Gasteiger partial charge in [-0.15, -0.1) is 11.3 Å². The molecule has 0 saturated carbocycles. The molecule has 2 aromatic rings. The molecule has 0 aliphatic rings. The van der Waals surface area contributed by atoms with Crippen LogP contribution < -0.4 is 5.32 Å². The van der Waals surface area contributed by atoms with Crippen molar-refractivity contribution in [3.05, 3.63) is 23.1 Å². The molecule has 0 amide bonds. The topological polar surface area (TPSA) is 42.7 Å². The molecule has 2 rings (SSSR count). The number of imidazole rings is 1. The normalized spacial score (nSPS) is 12.1. The van der Waals surface area contributed by atoms with Crippen molar-refractivity contribution in [1.82, 2.24) is 19.9 Å². The highest BCUT2D eigenvalue weighted by atomic mass is 32.1. The highest BCUT2D eigenvalue weighted by Crippen LogP contribution is 2.37. The zero-order valence-electron chi connectivity index (χ0n) is 9.75. The lowest BCUT2D eigenvalue weighted by Crippen LogP contribution is -2.12. The van der Waals surface area contributed by atoms with Gasteiger partial charge in [0.15, 0.2) is 5.69 Å². The standard InChI is InChI=1S/C10H11F3N4S/c1-14-4-7-8(10(11,12)13)16-9(18-7)6-3-15-5-17(6)2/h3,5,14H,4H2,1-2H3. The van der Waals surface area contributed by atoms with E-state index in [9.17, 15) is 13.2 Å². The fraction of sp³-hybridized carbons (Fsp3) is 0.400. The Morgan fingerprint density at radius 2 is 2.17 bits per heavy atom. The lowest BCUT2D eigenvalue weighted by atomic mass is 10.3. The Kier molecular flexibility index (Phi) is 3.40. The molecule has 0 fully saturated rings. The van der Waals surface area contributed by atoms with Gasteiger partial charge in [0, 0.05) is 13.6 Å². The molecule has 8 heteroatoms. The molecule has 0 aromatic carbocycles. The minimum atomic E-state index is -4.43. The molecule has 2 aromatic heterocycles. The zero-order valence-corrected chi connectivity index (χ0v) is 10.6. The van der Waals surface area contributed by atoms with E-state index in [0.717, 1.165) is 11.3 Å². The smallest absolute Gasteiger partial charge is 0.332 e. The maximum absolute atomic E-state index is 12.8. The van der Waals surface area contributed by atoms with Gasteiger partial charge in [0.25, 0.3) is 0 Å². The minimum Gasteiger partial charge on any atom is -0.332 e. The number of rotatable bonds is 3. The first-order valence-corrected chi connectivity index (χ1v) is 5.93. The molecule has 0 aliphatic carbocycles. The quantitative estimate of drug-likeness (QED) is 0.935. The second-order valence-corrected chi connectivity index (χ2v) is 4.79. The number of aromatic nitrogens is 3. The van der Waals surface area contributed by atoms with Crippen LogP contribution in [0.1, 0.15) is 10.6 Å². The van der Waals surface area contributed by atoms with E-state index in [0.29, 0.717) is 10.7 Å². The molecule has 4 nitrogen and oxygen atoms in total. The zero-order chi connectivity index (χ0) is 13.3. The molecule has 18 heavy (non-hydrogen) atoms. The number of halogens is 3. The van der Waals surface area contributed by atoms with Crippen molar-refractivity contribution in [2.75, 3.05) is 7.05 Å². The average molecular weight is 276 g/mol. The van der Waals surface area contributed by atoms with Crippen LogP contribution in [0, 0.1) is 0 Å². The van der Waals surface area contributed by atoms with Gasteiger partial charge < -0.3 is 9.88 Å². The maximum atomic E-state index is 12.8. The average Bonchev–Trinajstić information content (AvgIpc) is 2.83. The van der Waals surface area contributed by atoms with Crippen LogP contribution in [0.25, 0.3) is 10.7 Å². The van der Waals surface area contributed by atoms with E-state index < -0.39 is 11.9 Å². The summed E-state index contributed by atoms with van der Waals surface area (Å²) in [6, 6.07) is 0. The Hall–Kier alpha value is -1.41. The summed E-state index contributed by atoms with van der Waals surface area (Å²) in [5.41, 5.74) is -0.245.